The van der Waals surface area contributed by atoms with Crippen LogP contribution in [0.15, 0.2) is 42.5 Å². The highest BCUT2D eigenvalue weighted by atomic mass is 16.5. The first-order valence-electron chi connectivity index (χ1n) is 10.6. The number of aliphatic hydroxyl groups is 1. The van der Waals surface area contributed by atoms with Gasteiger partial charge in [-0.2, -0.15) is 0 Å². The Kier molecular flexibility index (Phi) is 7.76. The molecule has 2 atom stereocenters. The van der Waals surface area contributed by atoms with Crippen LogP contribution in [0, 0.1) is 0 Å². The van der Waals surface area contributed by atoms with Crippen molar-refractivity contribution >= 4 is 11.5 Å². The van der Waals surface area contributed by atoms with Crippen molar-refractivity contribution in [1.82, 2.24) is 4.90 Å². The van der Waals surface area contributed by atoms with Crippen LogP contribution in [0.4, 0.5) is 5.69 Å². The number of ether oxygens (including phenoxy) is 3. The van der Waals surface area contributed by atoms with Crippen LogP contribution in [0.1, 0.15) is 24.2 Å². The van der Waals surface area contributed by atoms with E-state index in [2.05, 4.69) is 22.8 Å². The number of likely N-dealkylation sites (N-methyl/N-ethyl adjacent to an activating group) is 2. The second-order valence-corrected chi connectivity index (χ2v) is 7.85. The van der Waals surface area contributed by atoms with Gasteiger partial charge in [0.25, 0.3) is 0 Å². The number of ketones is 1. The number of aliphatic hydroxyl groups excluding tert-OH is 1. The van der Waals surface area contributed by atoms with Crippen molar-refractivity contribution in [1.29, 1.82) is 0 Å². The molecule has 0 bridgehead atoms. The van der Waals surface area contributed by atoms with E-state index in [1.165, 1.54) is 14.0 Å². The molecule has 2 aromatic rings. The van der Waals surface area contributed by atoms with Gasteiger partial charge in [-0.3, -0.25) is 9.69 Å². The summed E-state index contributed by atoms with van der Waals surface area (Å²) in [6.45, 7) is 6.63. The normalized spacial score (nSPS) is 16.5. The molecule has 168 valence electrons. The van der Waals surface area contributed by atoms with E-state index >= 15 is 0 Å². The molecule has 0 saturated carbocycles. The number of hydrogen-bond donors (Lipinski definition) is 1. The van der Waals surface area contributed by atoms with E-state index in [9.17, 15) is 9.90 Å². The molecule has 1 aliphatic rings. The van der Waals surface area contributed by atoms with Crippen molar-refractivity contribution in [3.05, 3.63) is 48.0 Å². The lowest BCUT2D eigenvalue weighted by atomic mass is 10.1. The molecule has 1 heterocycles. The zero-order valence-corrected chi connectivity index (χ0v) is 18.7. The highest BCUT2D eigenvalue weighted by Crippen LogP contribution is 2.33. The largest absolute Gasteiger partial charge is 0.493 e. The average Bonchev–Trinajstić information content (AvgIpc) is 2.76. The number of Topliss-reactive ketones (excluding diaryl/α,β-unsaturated/α-hetero) is 1. The SMILES string of the molecule is CCN1C[C@H](CN(C)C[C@@H](O)COc2ccc(C(C)=O)cc2OC)Oc2ccccc21. The summed E-state index contributed by atoms with van der Waals surface area (Å²) < 4.78 is 17.2. The van der Waals surface area contributed by atoms with Crippen LogP contribution < -0.4 is 19.1 Å². The fraction of sp³-hybridized carbons (Fsp3) is 0.458. The maximum absolute atomic E-state index is 11.5. The molecule has 31 heavy (non-hydrogen) atoms. The Labute approximate surface area is 184 Å². The summed E-state index contributed by atoms with van der Waals surface area (Å²) in [5.41, 5.74) is 1.68. The fourth-order valence-electron chi connectivity index (χ4n) is 3.80. The van der Waals surface area contributed by atoms with Gasteiger partial charge in [-0.1, -0.05) is 12.1 Å². The topological polar surface area (TPSA) is 71.5 Å². The van der Waals surface area contributed by atoms with Crippen LogP contribution in [0.2, 0.25) is 0 Å². The lowest BCUT2D eigenvalue weighted by Crippen LogP contribution is -2.47. The number of rotatable bonds is 10. The Morgan fingerprint density at radius 3 is 2.77 bits per heavy atom. The number of carbonyl (C=O) groups is 1. The number of anilines is 1. The van der Waals surface area contributed by atoms with Crippen LogP contribution in [-0.2, 0) is 0 Å². The highest BCUT2D eigenvalue weighted by molar-refractivity contribution is 5.94. The molecule has 0 unspecified atom stereocenters. The van der Waals surface area contributed by atoms with E-state index in [0.717, 1.165) is 24.5 Å². The monoisotopic (exact) mass is 428 g/mol. The van der Waals surface area contributed by atoms with Crippen molar-refractivity contribution in [3.8, 4) is 17.2 Å². The summed E-state index contributed by atoms with van der Waals surface area (Å²) in [5, 5.41) is 10.5. The van der Waals surface area contributed by atoms with E-state index < -0.39 is 6.10 Å². The predicted molar refractivity (Wildman–Crippen MR) is 121 cm³/mol. The Balaban J connectivity index is 1.51. The Morgan fingerprint density at radius 1 is 1.29 bits per heavy atom. The van der Waals surface area contributed by atoms with Crippen molar-refractivity contribution in [2.45, 2.75) is 26.1 Å². The van der Waals surface area contributed by atoms with Crippen molar-refractivity contribution < 1.29 is 24.1 Å². The standard InChI is InChI=1S/C24H32N2O5/c1-5-26-15-20(31-22-9-7-6-8-21(22)26)14-25(3)13-19(28)16-30-23-11-10-18(17(2)27)12-24(23)29-4/h6-12,19-20,28H,5,13-16H2,1-4H3/t19-,20+/m1/s1. The number of benzene rings is 2. The minimum Gasteiger partial charge on any atom is -0.493 e. The molecule has 1 N–H and O–H groups in total. The van der Waals surface area contributed by atoms with E-state index in [4.69, 9.17) is 14.2 Å². The summed E-state index contributed by atoms with van der Waals surface area (Å²) in [4.78, 5) is 15.9. The number of methoxy groups -OCH3 is 1. The summed E-state index contributed by atoms with van der Waals surface area (Å²) in [6, 6.07) is 13.1. The lowest BCUT2D eigenvalue weighted by molar-refractivity contribution is 0.0598. The highest BCUT2D eigenvalue weighted by Gasteiger charge is 2.26. The van der Waals surface area contributed by atoms with Gasteiger partial charge in [0.15, 0.2) is 17.3 Å². The van der Waals surface area contributed by atoms with E-state index in [0.29, 0.717) is 30.2 Å². The van der Waals surface area contributed by atoms with E-state index in [-0.39, 0.29) is 18.5 Å². The van der Waals surface area contributed by atoms with Crippen molar-refractivity contribution in [2.24, 2.45) is 0 Å². The van der Waals surface area contributed by atoms with Gasteiger partial charge in [0.2, 0.25) is 0 Å². The molecule has 1 aliphatic heterocycles. The van der Waals surface area contributed by atoms with Crippen LogP contribution in [0.5, 0.6) is 17.2 Å². The van der Waals surface area contributed by atoms with Crippen LogP contribution in [-0.4, -0.2) is 74.9 Å². The molecule has 0 aliphatic carbocycles. The molecule has 7 nitrogen and oxygen atoms in total. The molecule has 0 saturated heterocycles. The average molecular weight is 429 g/mol. The first kappa shape index (κ1) is 22.9. The summed E-state index contributed by atoms with van der Waals surface area (Å²) in [6.07, 6.45) is -0.660. The van der Waals surface area contributed by atoms with Gasteiger partial charge in [0, 0.05) is 25.2 Å². The summed E-state index contributed by atoms with van der Waals surface area (Å²) >= 11 is 0. The fourth-order valence-corrected chi connectivity index (χ4v) is 3.80. The first-order valence-corrected chi connectivity index (χ1v) is 10.6. The van der Waals surface area contributed by atoms with Gasteiger partial charge in [-0.15, -0.1) is 0 Å². The van der Waals surface area contributed by atoms with Crippen LogP contribution >= 0.6 is 0 Å². The second-order valence-electron chi connectivity index (χ2n) is 7.85. The molecule has 0 spiro atoms. The van der Waals surface area contributed by atoms with Gasteiger partial charge in [0.05, 0.1) is 19.3 Å². The van der Waals surface area contributed by atoms with E-state index in [1.54, 1.807) is 18.2 Å². The smallest absolute Gasteiger partial charge is 0.161 e. The third-order valence-corrected chi connectivity index (χ3v) is 5.34. The Hall–Kier alpha value is -2.77. The first-order chi connectivity index (χ1) is 14.9. The van der Waals surface area contributed by atoms with Crippen molar-refractivity contribution in [2.75, 3.05) is 51.8 Å². The number of hydrogen-bond acceptors (Lipinski definition) is 7. The quantitative estimate of drug-likeness (QED) is 0.584. The maximum Gasteiger partial charge on any atom is 0.161 e. The van der Waals surface area contributed by atoms with Crippen molar-refractivity contribution in [3.63, 3.8) is 0 Å². The van der Waals surface area contributed by atoms with Gasteiger partial charge in [0.1, 0.15) is 24.6 Å². The lowest BCUT2D eigenvalue weighted by Gasteiger charge is -2.37. The number of fused-ring (bicyclic) bond motifs is 1. The molecular formula is C24H32N2O5. The minimum absolute atomic E-state index is 0.0205. The summed E-state index contributed by atoms with van der Waals surface area (Å²) in [7, 11) is 3.49. The molecule has 0 fully saturated rings. The molecule has 0 radical (unpaired) electrons. The number of para-hydroxylation sites is 2. The molecule has 3 rings (SSSR count). The van der Waals surface area contributed by atoms with Gasteiger partial charge in [-0.05, 0) is 51.2 Å². The Morgan fingerprint density at radius 2 is 2.06 bits per heavy atom. The molecule has 2 aromatic carbocycles. The Bertz CT molecular complexity index is 888. The summed E-state index contributed by atoms with van der Waals surface area (Å²) in [5.74, 6) is 1.84. The third kappa shape index (κ3) is 5.89. The van der Waals surface area contributed by atoms with Crippen LogP contribution in [0.3, 0.4) is 0 Å². The molecule has 0 amide bonds. The maximum atomic E-state index is 11.5. The second kappa shape index (κ2) is 10.5. The third-order valence-electron chi connectivity index (χ3n) is 5.34. The number of carbonyl (C=O) groups excluding carboxylic acids is 1. The zero-order valence-electron chi connectivity index (χ0n) is 18.7. The van der Waals surface area contributed by atoms with Gasteiger partial charge < -0.3 is 24.2 Å². The molecule has 7 heteroatoms. The number of nitrogens with zero attached hydrogens (tertiary/aromatic N) is 2. The zero-order chi connectivity index (χ0) is 22.4. The molecule has 0 aromatic heterocycles. The molecular weight excluding hydrogens is 396 g/mol. The van der Waals surface area contributed by atoms with Gasteiger partial charge in [-0.25, -0.2) is 0 Å². The van der Waals surface area contributed by atoms with Crippen LogP contribution in [0.25, 0.3) is 0 Å². The van der Waals surface area contributed by atoms with Gasteiger partial charge >= 0.3 is 0 Å². The minimum atomic E-state index is -0.680. The predicted octanol–water partition coefficient (Wildman–Crippen LogP) is 2.86. The van der Waals surface area contributed by atoms with E-state index in [1.807, 2.05) is 25.2 Å².